The molecule has 23 heavy (non-hydrogen) atoms. The molecular formula is C15H27N3O4S. The third kappa shape index (κ3) is 4.03. The number of nitrogens with zero attached hydrogens (tertiary/aromatic N) is 3. The van der Waals surface area contributed by atoms with Gasteiger partial charge in [-0.25, -0.2) is 0 Å². The van der Waals surface area contributed by atoms with Gasteiger partial charge in [0.25, 0.3) is 10.2 Å². The summed E-state index contributed by atoms with van der Waals surface area (Å²) in [7, 11) is -1.93. The van der Waals surface area contributed by atoms with Crippen molar-refractivity contribution >= 4 is 10.2 Å². The molecule has 0 amide bonds. The first-order valence-electron chi connectivity index (χ1n) is 8.25. The van der Waals surface area contributed by atoms with Crippen molar-refractivity contribution in [3.63, 3.8) is 0 Å². The Bertz CT molecular complexity index is 533. The number of fused-ring (bicyclic) bond motifs is 1. The smallest absolute Gasteiger partial charge is 0.282 e. The highest BCUT2D eigenvalue weighted by molar-refractivity contribution is 7.86. The van der Waals surface area contributed by atoms with Gasteiger partial charge in [0.1, 0.15) is 0 Å². The lowest BCUT2D eigenvalue weighted by Crippen LogP contribution is -2.60. The van der Waals surface area contributed by atoms with Gasteiger partial charge in [-0.1, -0.05) is 6.92 Å². The number of methoxy groups -OCH3 is 1. The van der Waals surface area contributed by atoms with E-state index in [0.29, 0.717) is 26.1 Å². The summed E-state index contributed by atoms with van der Waals surface area (Å²) >= 11 is 0. The molecule has 0 aromatic rings. The molecule has 8 heteroatoms. The van der Waals surface area contributed by atoms with Gasteiger partial charge in [-0.05, 0) is 26.2 Å². The quantitative estimate of drug-likeness (QED) is 0.717. The maximum absolute atomic E-state index is 13.1. The van der Waals surface area contributed by atoms with Crippen LogP contribution in [0.2, 0.25) is 0 Å². The second kappa shape index (κ2) is 7.90. The van der Waals surface area contributed by atoms with Crippen LogP contribution in [-0.2, 0) is 19.7 Å². The number of rotatable bonds is 6. The van der Waals surface area contributed by atoms with E-state index in [-0.39, 0.29) is 30.7 Å². The molecule has 4 atom stereocenters. The molecule has 4 unspecified atom stereocenters. The average Bonchev–Trinajstić information content (AvgIpc) is 2.57. The maximum atomic E-state index is 13.1. The summed E-state index contributed by atoms with van der Waals surface area (Å²) in [4.78, 5) is 0. The van der Waals surface area contributed by atoms with Crippen LogP contribution in [0.5, 0.6) is 0 Å². The van der Waals surface area contributed by atoms with E-state index in [9.17, 15) is 8.42 Å². The lowest BCUT2D eigenvalue weighted by molar-refractivity contribution is -0.0896. The SMILES string of the molecule is CCN(CC(C)C#N)S(=O)(=O)N1CCOC2CCC(OC)CC21. The number of nitriles is 1. The minimum absolute atomic E-state index is 0.0583. The van der Waals surface area contributed by atoms with Crippen molar-refractivity contribution in [2.75, 3.05) is 33.4 Å². The van der Waals surface area contributed by atoms with Gasteiger partial charge in [-0.3, -0.25) is 0 Å². The lowest BCUT2D eigenvalue weighted by atomic mass is 9.89. The molecule has 1 saturated carbocycles. The van der Waals surface area contributed by atoms with E-state index < -0.39 is 10.2 Å². The Morgan fingerprint density at radius 1 is 1.48 bits per heavy atom. The third-order valence-electron chi connectivity index (χ3n) is 4.73. The minimum atomic E-state index is -3.60. The Kier molecular flexibility index (Phi) is 6.40. The van der Waals surface area contributed by atoms with E-state index in [1.54, 1.807) is 25.3 Å². The third-order valence-corrected chi connectivity index (χ3v) is 6.83. The van der Waals surface area contributed by atoms with E-state index >= 15 is 0 Å². The van der Waals surface area contributed by atoms with Crippen LogP contribution in [0.1, 0.15) is 33.1 Å². The van der Waals surface area contributed by atoms with Crippen molar-refractivity contribution in [1.82, 2.24) is 8.61 Å². The van der Waals surface area contributed by atoms with Gasteiger partial charge >= 0.3 is 0 Å². The van der Waals surface area contributed by atoms with Crippen LogP contribution >= 0.6 is 0 Å². The first kappa shape index (κ1) is 18.6. The molecule has 2 aliphatic rings. The van der Waals surface area contributed by atoms with Crippen LogP contribution in [0.25, 0.3) is 0 Å². The zero-order valence-electron chi connectivity index (χ0n) is 14.1. The summed E-state index contributed by atoms with van der Waals surface area (Å²) in [5, 5.41) is 8.99. The molecule has 0 N–H and O–H groups in total. The number of morpholine rings is 1. The predicted octanol–water partition coefficient (Wildman–Crippen LogP) is 0.981. The zero-order chi connectivity index (χ0) is 17.0. The lowest BCUT2D eigenvalue weighted by Gasteiger charge is -2.45. The highest BCUT2D eigenvalue weighted by Gasteiger charge is 2.44. The number of hydrogen-bond donors (Lipinski definition) is 0. The second-order valence-corrected chi connectivity index (χ2v) is 8.13. The van der Waals surface area contributed by atoms with Gasteiger partial charge in [-0.15, -0.1) is 0 Å². The molecule has 1 aliphatic heterocycles. The van der Waals surface area contributed by atoms with Gasteiger partial charge < -0.3 is 9.47 Å². The molecule has 1 heterocycles. The Morgan fingerprint density at radius 3 is 2.83 bits per heavy atom. The first-order chi connectivity index (χ1) is 10.9. The fourth-order valence-electron chi connectivity index (χ4n) is 3.42. The van der Waals surface area contributed by atoms with E-state index in [1.165, 1.54) is 4.31 Å². The van der Waals surface area contributed by atoms with Crippen LogP contribution in [0.3, 0.4) is 0 Å². The minimum Gasteiger partial charge on any atom is -0.381 e. The molecule has 2 rings (SSSR count). The van der Waals surface area contributed by atoms with Gasteiger partial charge in [-0.2, -0.15) is 22.3 Å². The summed E-state index contributed by atoms with van der Waals surface area (Å²) in [6.45, 7) is 4.90. The molecule has 1 saturated heterocycles. The molecule has 0 bridgehead atoms. The van der Waals surface area contributed by atoms with E-state index in [0.717, 1.165) is 12.8 Å². The summed E-state index contributed by atoms with van der Waals surface area (Å²) in [6, 6.07) is 1.93. The van der Waals surface area contributed by atoms with Crippen molar-refractivity contribution in [2.45, 2.75) is 51.4 Å². The monoisotopic (exact) mass is 345 g/mol. The second-order valence-electron chi connectivity index (χ2n) is 6.25. The van der Waals surface area contributed by atoms with Crippen LogP contribution < -0.4 is 0 Å². The Hall–Kier alpha value is -0.720. The van der Waals surface area contributed by atoms with E-state index in [4.69, 9.17) is 14.7 Å². The van der Waals surface area contributed by atoms with Crippen molar-refractivity contribution in [1.29, 1.82) is 5.26 Å². The Labute approximate surface area is 139 Å². The summed E-state index contributed by atoms with van der Waals surface area (Å²) in [6.07, 6.45) is 2.39. The van der Waals surface area contributed by atoms with E-state index in [1.807, 2.05) is 0 Å². The molecular weight excluding hydrogens is 318 g/mol. The Balaban J connectivity index is 2.20. The van der Waals surface area contributed by atoms with Crippen LogP contribution in [0.15, 0.2) is 0 Å². The predicted molar refractivity (Wildman–Crippen MR) is 85.8 cm³/mol. The van der Waals surface area contributed by atoms with E-state index in [2.05, 4.69) is 6.07 Å². The van der Waals surface area contributed by atoms with Crippen molar-refractivity contribution in [3.05, 3.63) is 0 Å². The van der Waals surface area contributed by atoms with Gasteiger partial charge in [0.05, 0.1) is 36.8 Å². The summed E-state index contributed by atoms with van der Waals surface area (Å²) < 4.78 is 40.3. The fourth-order valence-corrected chi connectivity index (χ4v) is 5.32. The fraction of sp³-hybridized carbons (Fsp3) is 0.933. The molecule has 2 fully saturated rings. The Morgan fingerprint density at radius 2 is 2.22 bits per heavy atom. The van der Waals surface area contributed by atoms with Gasteiger partial charge in [0.15, 0.2) is 0 Å². The molecule has 0 radical (unpaired) electrons. The van der Waals surface area contributed by atoms with Crippen LogP contribution in [0.4, 0.5) is 0 Å². The topological polar surface area (TPSA) is 82.9 Å². The molecule has 132 valence electrons. The summed E-state index contributed by atoms with van der Waals surface area (Å²) in [5.74, 6) is -0.334. The zero-order valence-corrected chi connectivity index (χ0v) is 15.0. The molecule has 7 nitrogen and oxygen atoms in total. The number of ether oxygens (including phenoxy) is 2. The van der Waals surface area contributed by atoms with Crippen LogP contribution in [-0.4, -0.2) is 68.6 Å². The van der Waals surface area contributed by atoms with Crippen molar-refractivity contribution in [2.24, 2.45) is 5.92 Å². The number of hydrogen-bond acceptors (Lipinski definition) is 5. The molecule has 1 aliphatic carbocycles. The summed E-state index contributed by atoms with van der Waals surface area (Å²) in [5.41, 5.74) is 0. The average molecular weight is 345 g/mol. The van der Waals surface area contributed by atoms with Gasteiger partial charge in [0.2, 0.25) is 0 Å². The standard InChI is InChI=1S/C15H27N3O4S/c1-4-17(11-12(2)10-16)23(19,20)18-7-8-22-15-6-5-13(21-3)9-14(15)18/h12-15H,4-9,11H2,1-3H3. The van der Waals surface area contributed by atoms with Crippen molar-refractivity contribution in [3.8, 4) is 6.07 Å². The highest BCUT2D eigenvalue weighted by Crippen LogP contribution is 2.32. The van der Waals surface area contributed by atoms with Gasteiger partial charge in [0, 0.05) is 26.7 Å². The molecule has 0 spiro atoms. The van der Waals surface area contributed by atoms with Crippen molar-refractivity contribution < 1.29 is 17.9 Å². The maximum Gasteiger partial charge on any atom is 0.282 e. The highest BCUT2D eigenvalue weighted by atomic mass is 32.2. The normalized spacial score (nSPS) is 30.7. The van der Waals surface area contributed by atoms with Crippen LogP contribution in [0, 0.1) is 17.2 Å². The largest absolute Gasteiger partial charge is 0.381 e. The first-order valence-corrected chi connectivity index (χ1v) is 9.64. The molecule has 0 aromatic carbocycles. The molecule has 0 aromatic heterocycles.